The van der Waals surface area contributed by atoms with Gasteiger partial charge in [-0.15, -0.1) is 0 Å². The van der Waals surface area contributed by atoms with Gasteiger partial charge in [0.25, 0.3) is 5.56 Å². The molecule has 3 aromatic rings. The number of ether oxygens (including phenoxy) is 2. The molecule has 120 valence electrons. The summed E-state index contributed by atoms with van der Waals surface area (Å²) in [5, 5.41) is 9.48. The standard InChI is InChI=1S/C18H15N3O3/c1-11(24-15-8-7-12(10-19)9-16(15)23-2)17-20-14-6-4-3-5-13(14)18(22)21-17/h3-9,11H,1-2H3,(H,20,21,22)/t11-/m0/s1. The number of hydrogen-bond acceptors (Lipinski definition) is 5. The number of aromatic nitrogens is 2. The summed E-state index contributed by atoms with van der Waals surface area (Å²) in [6.07, 6.45) is -0.496. The molecule has 0 radical (unpaired) electrons. The van der Waals surface area contributed by atoms with Gasteiger partial charge in [-0.2, -0.15) is 5.26 Å². The van der Waals surface area contributed by atoms with Crippen LogP contribution in [-0.4, -0.2) is 17.1 Å². The quantitative estimate of drug-likeness (QED) is 0.798. The number of nitrogens with zero attached hydrogens (tertiary/aromatic N) is 2. The van der Waals surface area contributed by atoms with Crippen molar-refractivity contribution >= 4 is 10.9 Å². The second-order valence-electron chi connectivity index (χ2n) is 5.21. The summed E-state index contributed by atoms with van der Waals surface area (Å²) in [7, 11) is 1.50. The molecule has 0 saturated heterocycles. The molecule has 1 N–H and O–H groups in total. The van der Waals surface area contributed by atoms with Gasteiger partial charge < -0.3 is 14.5 Å². The van der Waals surface area contributed by atoms with Crippen molar-refractivity contribution < 1.29 is 9.47 Å². The van der Waals surface area contributed by atoms with E-state index in [-0.39, 0.29) is 5.56 Å². The van der Waals surface area contributed by atoms with Gasteiger partial charge in [-0.1, -0.05) is 12.1 Å². The van der Waals surface area contributed by atoms with Crippen molar-refractivity contribution in [3.8, 4) is 17.6 Å². The Morgan fingerprint density at radius 2 is 2.00 bits per heavy atom. The highest BCUT2D eigenvalue weighted by Crippen LogP contribution is 2.31. The molecule has 0 spiro atoms. The first-order valence-corrected chi connectivity index (χ1v) is 7.36. The third-order valence-electron chi connectivity index (χ3n) is 3.61. The van der Waals surface area contributed by atoms with Crippen molar-refractivity contribution in [1.82, 2.24) is 9.97 Å². The number of methoxy groups -OCH3 is 1. The molecule has 6 heteroatoms. The summed E-state index contributed by atoms with van der Waals surface area (Å²) in [6, 6.07) is 14.1. The largest absolute Gasteiger partial charge is 0.493 e. The van der Waals surface area contributed by atoms with E-state index in [1.54, 1.807) is 43.3 Å². The molecule has 0 aliphatic rings. The molecular formula is C18H15N3O3. The Hall–Kier alpha value is -3.33. The van der Waals surface area contributed by atoms with Gasteiger partial charge in [-0.05, 0) is 31.2 Å². The first-order valence-electron chi connectivity index (χ1n) is 7.36. The highest BCUT2D eigenvalue weighted by atomic mass is 16.5. The van der Waals surface area contributed by atoms with Gasteiger partial charge in [-0.25, -0.2) is 4.98 Å². The molecule has 6 nitrogen and oxygen atoms in total. The van der Waals surface area contributed by atoms with Gasteiger partial charge >= 0.3 is 0 Å². The SMILES string of the molecule is COc1cc(C#N)ccc1O[C@@H](C)c1nc2ccccc2c(=O)[nH]1. The molecule has 1 aromatic heterocycles. The van der Waals surface area contributed by atoms with Gasteiger partial charge in [0, 0.05) is 6.07 Å². The van der Waals surface area contributed by atoms with E-state index in [2.05, 4.69) is 9.97 Å². The minimum Gasteiger partial charge on any atom is -0.493 e. The van der Waals surface area contributed by atoms with Gasteiger partial charge in [0.05, 0.1) is 29.6 Å². The number of para-hydroxylation sites is 1. The molecule has 0 aliphatic carbocycles. The number of benzene rings is 2. The molecule has 0 bridgehead atoms. The number of hydrogen-bond donors (Lipinski definition) is 1. The lowest BCUT2D eigenvalue weighted by Crippen LogP contribution is -2.16. The van der Waals surface area contributed by atoms with Crippen LogP contribution in [0.3, 0.4) is 0 Å². The van der Waals surface area contributed by atoms with Gasteiger partial charge in [0.15, 0.2) is 23.4 Å². The zero-order chi connectivity index (χ0) is 17.1. The predicted molar refractivity (Wildman–Crippen MR) is 89.1 cm³/mol. The Bertz CT molecular complexity index is 989. The molecule has 24 heavy (non-hydrogen) atoms. The van der Waals surface area contributed by atoms with Crippen molar-refractivity contribution in [3.63, 3.8) is 0 Å². The molecular weight excluding hydrogens is 306 g/mol. The average Bonchev–Trinajstić information content (AvgIpc) is 2.62. The summed E-state index contributed by atoms with van der Waals surface area (Å²) in [4.78, 5) is 19.3. The van der Waals surface area contributed by atoms with E-state index >= 15 is 0 Å². The fourth-order valence-corrected chi connectivity index (χ4v) is 2.38. The van der Waals surface area contributed by atoms with Crippen LogP contribution in [0.25, 0.3) is 10.9 Å². The first-order chi connectivity index (χ1) is 11.6. The predicted octanol–water partition coefficient (Wildman–Crippen LogP) is 2.94. The van der Waals surface area contributed by atoms with Crippen LogP contribution in [-0.2, 0) is 0 Å². The second-order valence-corrected chi connectivity index (χ2v) is 5.21. The van der Waals surface area contributed by atoms with Gasteiger partial charge in [0.1, 0.15) is 0 Å². The van der Waals surface area contributed by atoms with E-state index in [1.165, 1.54) is 7.11 Å². The zero-order valence-electron chi connectivity index (χ0n) is 13.2. The van der Waals surface area contributed by atoms with E-state index in [0.29, 0.717) is 33.8 Å². The molecule has 1 heterocycles. The van der Waals surface area contributed by atoms with E-state index in [0.717, 1.165) is 0 Å². The van der Waals surface area contributed by atoms with Crippen molar-refractivity contribution in [3.05, 3.63) is 64.2 Å². The van der Waals surface area contributed by atoms with Crippen molar-refractivity contribution in [1.29, 1.82) is 5.26 Å². The number of fused-ring (bicyclic) bond motifs is 1. The maximum absolute atomic E-state index is 12.2. The van der Waals surface area contributed by atoms with Crippen molar-refractivity contribution in [2.75, 3.05) is 7.11 Å². The molecule has 0 unspecified atom stereocenters. The van der Waals surface area contributed by atoms with E-state index < -0.39 is 6.10 Å². The number of nitrogens with one attached hydrogen (secondary N) is 1. The van der Waals surface area contributed by atoms with Crippen LogP contribution in [0.1, 0.15) is 24.4 Å². The lowest BCUT2D eigenvalue weighted by Gasteiger charge is -2.16. The first kappa shape index (κ1) is 15.6. The highest BCUT2D eigenvalue weighted by molar-refractivity contribution is 5.77. The number of rotatable bonds is 4. The molecule has 0 saturated carbocycles. The minimum atomic E-state index is -0.496. The Morgan fingerprint density at radius 1 is 1.21 bits per heavy atom. The molecule has 0 aliphatic heterocycles. The number of nitriles is 1. The lowest BCUT2D eigenvalue weighted by atomic mass is 10.2. The van der Waals surface area contributed by atoms with Crippen LogP contribution in [0.4, 0.5) is 0 Å². The van der Waals surface area contributed by atoms with Crippen LogP contribution < -0.4 is 15.0 Å². The van der Waals surface area contributed by atoms with E-state index in [1.807, 2.05) is 12.1 Å². The molecule has 0 fully saturated rings. The Balaban J connectivity index is 1.94. The van der Waals surface area contributed by atoms with Gasteiger partial charge in [-0.3, -0.25) is 4.79 Å². The average molecular weight is 321 g/mol. The Kier molecular flexibility index (Phi) is 4.17. The third-order valence-corrected chi connectivity index (χ3v) is 3.61. The summed E-state index contributed by atoms with van der Waals surface area (Å²) in [5.74, 6) is 1.34. The van der Waals surface area contributed by atoms with E-state index in [4.69, 9.17) is 14.7 Å². The number of aromatic amines is 1. The monoisotopic (exact) mass is 321 g/mol. The number of H-pyrrole nitrogens is 1. The summed E-state index contributed by atoms with van der Waals surface area (Å²) < 4.78 is 11.1. The highest BCUT2D eigenvalue weighted by Gasteiger charge is 2.15. The molecule has 3 rings (SSSR count). The Morgan fingerprint density at radius 3 is 2.75 bits per heavy atom. The zero-order valence-corrected chi connectivity index (χ0v) is 13.2. The smallest absolute Gasteiger partial charge is 0.258 e. The summed E-state index contributed by atoms with van der Waals surface area (Å²) in [5.41, 5.74) is 0.875. The lowest BCUT2D eigenvalue weighted by molar-refractivity contribution is 0.206. The molecule has 2 aromatic carbocycles. The van der Waals surface area contributed by atoms with Crippen LogP contribution in [0, 0.1) is 11.3 Å². The normalized spacial score (nSPS) is 11.7. The summed E-state index contributed by atoms with van der Waals surface area (Å²) >= 11 is 0. The van der Waals surface area contributed by atoms with Gasteiger partial charge in [0.2, 0.25) is 0 Å². The third kappa shape index (κ3) is 2.92. The molecule has 0 amide bonds. The maximum Gasteiger partial charge on any atom is 0.258 e. The Labute approximate surface area is 138 Å². The van der Waals surface area contributed by atoms with Crippen LogP contribution >= 0.6 is 0 Å². The van der Waals surface area contributed by atoms with Crippen molar-refractivity contribution in [2.45, 2.75) is 13.0 Å². The second kappa shape index (κ2) is 6.42. The van der Waals surface area contributed by atoms with Crippen LogP contribution in [0.2, 0.25) is 0 Å². The van der Waals surface area contributed by atoms with Crippen LogP contribution in [0.5, 0.6) is 11.5 Å². The maximum atomic E-state index is 12.2. The van der Waals surface area contributed by atoms with E-state index in [9.17, 15) is 4.79 Å². The fraction of sp³-hybridized carbons (Fsp3) is 0.167. The minimum absolute atomic E-state index is 0.210. The summed E-state index contributed by atoms with van der Waals surface area (Å²) in [6.45, 7) is 1.78. The molecule has 1 atom stereocenters. The van der Waals surface area contributed by atoms with Crippen LogP contribution in [0.15, 0.2) is 47.3 Å². The topological polar surface area (TPSA) is 88.0 Å². The van der Waals surface area contributed by atoms with Crippen molar-refractivity contribution in [2.24, 2.45) is 0 Å². The fourth-order valence-electron chi connectivity index (χ4n) is 2.38.